The van der Waals surface area contributed by atoms with Crippen LogP contribution in [0.3, 0.4) is 0 Å². The summed E-state index contributed by atoms with van der Waals surface area (Å²) in [7, 11) is 1.64. The van der Waals surface area contributed by atoms with E-state index in [9.17, 15) is 4.79 Å². The molecule has 0 unspecified atom stereocenters. The van der Waals surface area contributed by atoms with Gasteiger partial charge in [0, 0.05) is 18.3 Å². The van der Waals surface area contributed by atoms with Gasteiger partial charge in [-0.15, -0.1) is 0 Å². The van der Waals surface area contributed by atoms with Crippen LogP contribution in [0.25, 0.3) is 0 Å². The molecule has 4 nitrogen and oxygen atoms in total. The number of nitrogens with zero attached hydrogens (tertiary/aromatic N) is 2. The number of benzene rings is 1. The lowest BCUT2D eigenvalue weighted by molar-refractivity contribution is 0.0988. The summed E-state index contributed by atoms with van der Waals surface area (Å²) < 4.78 is 0. The third kappa shape index (κ3) is 2.43. The second kappa shape index (κ2) is 5.06. The van der Waals surface area contributed by atoms with E-state index in [1.165, 1.54) is 4.90 Å². The van der Waals surface area contributed by atoms with Crippen molar-refractivity contribution in [3.63, 3.8) is 0 Å². The third-order valence-electron chi connectivity index (χ3n) is 2.54. The van der Waals surface area contributed by atoms with Gasteiger partial charge >= 0.3 is 0 Å². The van der Waals surface area contributed by atoms with Crippen LogP contribution in [0.5, 0.6) is 0 Å². The Kier molecular flexibility index (Phi) is 3.48. The van der Waals surface area contributed by atoms with Crippen molar-refractivity contribution >= 4 is 28.9 Å². The molecule has 0 atom stereocenters. The first-order valence-electron chi connectivity index (χ1n) is 5.33. The van der Waals surface area contributed by atoms with Gasteiger partial charge in [-0.2, -0.15) is 0 Å². The number of hydrogen-bond acceptors (Lipinski definition) is 3. The first kappa shape index (κ1) is 12.4. The smallest absolute Gasteiger partial charge is 0.276 e. The maximum absolute atomic E-state index is 12.2. The summed E-state index contributed by atoms with van der Waals surface area (Å²) in [6.45, 7) is 0. The molecule has 92 valence electrons. The molecule has 0 spiro atoms. The number of amides is 1. The van der Waals surface area contributed by atoms with Crippen LogP contribution in [0.1, 0.15) is 10.5 Å². The summed E-state index contributed by atoms with van der Waals surface area (Å²) in [5.41, 5.74) is 7.25. The number of halogens is 1. The van der Waals surface area contributed by atoms with Gasteiger partial charge in [0.05, 0.1) is 11.4 Å². The summed E-state index contributed by atoms with van der Waals surface area (Å²) >= 11 is 5.90. The molecule has 0 bridgehead atoms. The van der Waals surface area contributed by atoms with Gasteiger partial charge in [0.1, 0.15) is 5.69 Å². The molecule has 1 heterocycles. The van der Waals surface area contributed by atoms with E-state index in [2.05, 4.69) is 4.98 Å². The zero-order chi connectivity index (χ0) is 13.1. The molecule has 0 saturated carbocycles. The third-order valence-corrected chi connectivity index (χ3v) is 2.78. The van der Waals surface area contributed by atoms with Crippen LogP contribution in [0, 0.1) is 0 Å². The minimum atomic E-state index is -0.232. The molecule has 0 aliphatic heterocycles. The van der Waals surface area contributed by atoms with Crippen LogP contribution in [-0.2, 0) is 0 Å². The van der Waals surface area contributed by atoms with Crippen molar-refractivity contribution in [2.75, 3.05) is 17.7 Å². The lowest BCUT2D eigenvalue weighted by Crippen LogP contribution is -2.27. The number of carbonyl (C=O) groups excluding carboxylic acids is 1. The molecule has 0 fully saturated rings. The molecular formula is C13H12ClN3O. The lowest BCUT2D eigenvalue weighted by Gasteiger charge is -2.19. The van der Waals surface area contributed by atoms with Gasteiger partial charge in [-0.25, -0.2) is 0 Å². The van der Waals surface area contributed by atoms with Gasteiger partial charge < -0.3 is 10.6 Å². The maximum atomic E-state index is 12.2. The number of pyridine rings is 1. The number of carbonyl (C=O) groups is 1. The van der Waals surface area contributed by atoms with Crippen LogP contribution in [0.15, 0.2) is 42.6 Å². The number of rotatable bonds is 2. The predicted molar refractivity (Wildman–Crippen MR) is 72.8 cm³/mol. The minimum absolute atomic E-state index is 0.232. The Morgan fingerprint density at radius 1 is 1.33 bits per heavy atom. The van der Waals surface area contributed by atoms with Gasteiger partial charge in [0.25, 0.3) is 5.91 Å². The van der Waals surface area contributed by atoms with E-state index in [-0.39, 0.29) is 5.91 Å². The van der Waals surface area contributed by atoms with Gasteiger partial charge in [0.15, 0.2) is 0 Å². The zero-order valence-corrected chi connectivity index (χ0v) is 10.6. The van der Waals surface area contributed by atoms with Gasteiger partial charge in [-0.05, 0) is 30.3 Å². The Morgan fingerprint density at radius 2 is 2.11 bits per heavy atom. The molecule has 0 radical (unpaired) electrons. The van der Waals surface area contributed by atoms with Crippen LogP contribution >= 0.6 is 11.6 Å². The van der Waals surface area contributed by atoms with Crippen molar-refractivity contribution in [2.45, 2.75) is 0 Å². The SMILES string of the molecule is CN(C(=O)c1ccccn1)c1cc(Cl)ccc1N. The van der Waals surface area contributed by atoms with Crippen LogP contribution < -0.4 is 10.6 Å². The van der Waals surface area contributed by atoms with Gasteiger partial charge in [-0.1, -0.05) is 17.7 Å². The van der Waals surface area contributed by atoms with Crippen molar-refractivity contribution in [1.82, 2.24) is 4.98 Å². The van der Waals surface area contributed by atoms with E-state index >= 15 is 0 Å². The highest BCUT2D eigenvalue weighted by Crippen LogP contribution is 2.26. The number of hydrogen-bond donors (Lipinski definition) is 1. The van der Waals surface area contributed by atoms with E-state index in [1.807, 2.05) is 0 Å². The van der Waals surface area contributed by atoms with Gasteiger partial charge in [-0.3, -0.25) is 9.78 Å². The highest BCUT2D eigenvalue weighted by Gasteiger charge is 2.16. The average molecular weight is 262 g/mol. The predicted octanol–water partition coefficient (Wildman–Crippen LogP) is 2.59. The number of nitrogen functional groups attached to an aromatic ring is 1. The molecule has 0 aliphatic carbocycles. The van der Waals surface area contributed by atoms with E-state index in [1.54, 1.807) is 49.6 Å². The highest BCUT2D eigenvalue weighted by atomic mass is 35.5. The summed E-state index contributed by atoms with van der Waals surface area (Å²) in [6, 6.07) is 10.2. The van der Waals surface area contributed by atoms with Gasteiger partial charge in [0.2, 0.25) is 0 Å². The van der Waals surface area contributed by atoms with E-state index in [4.69, 9.17) is 17.3 Å². The first-order valence-corrected chi connectivity index (χ1v) is 5.71. The van der Waals surface area contributed by atoms with E-state index < -0.39 is 0 Å². The lowest BCUT2D eigenvalue weighted by atomic mass is 10.2. The number of anilines is 2. The van der Waals surface area contributed by atoms with Crippen molar-refractivity contribution in [3.8, 4) is 0 Å². The fraction of sp³-hybridized carbons (Fsp3) is 0.0769. The summed E-state index contributed by atoms with van der Waals surface area (Å²) in [5.74, 6) is -0.232. The topological polar surface area (TPSA) is 59.2 Å². The Morgan fingerprint density at radius 3 is 2.78 bits per heavy atom. The fourth-order valence-electron chi connectivity index (χ4n) is 1.58. The quantitative estimate of drug-likeness (QED) is 0.846. The Hall–Kier alpha value is -2.07. The Labute approximate surface area is 110 Å². The summed E-state index contributed by atoms with van der Waals surface area (Å²) in [6.07, 6.45) is 1.57. The van der Waals surface area contributed by atoms with Crippen LogP contribution in [0.4, 0.5) is 11.4 Å². The zero-order valence-electron chi connectivity index (χ0n) is 9.80. The second-order valence-electron chi connectivity index (χ2n) is 3.78. The van der Waals surface area contributed by atoms with Crippen molar-refractivity contribution in [2.24, 2.45) is 0 Å². The van der Waals surface area contributed by atoms with Crippen LogP contribution in [-0.4, -0.2) is 17.9 Å². The van der Waals surface area contributed by atoms with Crippen molar-refractivity contribution in [3.05, 3.63) is 53.3 Å². The highest BCUT2D eigenvalue weighted by molar-refractivity contribution is 6.31. The molecule has 2 rings (SSSR count). The molecular weight excluding hydrogens is 250 g/mol. The normalized spacial score (nSPS) is 10.1. The second-order valence-corrected chi connectivity index (χ2v) is 4.22. The van der Waals surface area contributed by atoms with Crippen LogP contribution in [0.2, 0.25) is 5.02 Å². The van der Waals surface area contributed by atoms with Crippen molar-refractivity contribution in [1.29, 1.82) is 0 Å². The number of nitrogens with two attached hydrogens (primary N) is 1. The largest absolute Gasteiger partial charge is 0.397 e. The first-order chi connectivity index (χ1) is 8.59. The molecule has 2 N–H and O–H groups in total. The molecule has 1 aromatic carbocycles. The molecule has 18 heavy (non-hydrogen) atoms. The fourth-order valence-corrected chi connectivity index (χ4v) is 1.74. The molecule has 1 amide bonds. The monoisotopic (exact) mass is 261 g/mol. The molecule has 0 aliphatic rings. The molecule has 1 aromatic heterocycles. The summed E-state index contributed by atoms with van der Waals surface area (Å²) in [5, 5.41) is 0.528. The Bertz CT molecular complexity index is 572. The van der Waals surface area contributed by atoms with E-state index in [0.717, 1.165) is 0 Å². The Balaban J connectivity index is 2.34. The summed E-state index contributed by atoms with van der Waals surface area (Å²) in [4.78, 5) is 17.6. The maximum Gasteiger partial charge on any atom is 0.276 e. The molecule has 2 aromatic rings. The molecule has 5 heteroatoms. The minimum Gasteiger partial charge on any atom is -0.397 e. The average Bonchev–Trinajstić information content (AvgIpc) is 2.41. The van der Waals surface area contributed by atoms with Crippen molar-refractivity contribution < 1.29 is 4.79 Å². The van der Waals surface area contributed by atoms with E-state index in [0.29, 0.717) is 22.1 Å². The molecule has 0 saturated heterocycles. The standard InChI is InChI=1S/C13H12ClN3O/c1-17(12-8-9(14)5-6-10(12)15)13(18)11-4-2-3-7-16-11/h2-8H,15H2,1H3. The number of aromatic nitrogens is 1.